The van der Waals surface area contributed by atoms with Gasteiger partial charge in [-0.25, -0.2) is 9.36 Å². The summed E-state index contributed by atoms with van der Waals surface area (Å²) in [5.74, 6) is 0.900. The summed E-state index contributed by atoms with van der Waals surface area (Å²) in [7, 11) is 0. The SMILES string of the molecule is CC1(C)CC[C@]2(C(=O)OCc3cn(Cc4ccccc4)nn3)CC[C@]3(C)C(=CC[C@@H]4[C@@]5(C)CC[C@H](O)[C@@](C)(COCc6cn(Cc7ccccc7)nn6)[C@@H]5CC[C@]43C)[C@@H]2C1. The Hall–Kier alpha value is -4.15. The predicted octanol–water partition coefficient (Wildman–Crippen LogP) is 9.37. The number of aliphatic hydroxyl groups excluding tert-OH is 1. The molecule has 0 amide bonds. The molecule has 2 heterocycles. The van der Waals surface area contributed by atoms with Crippen molar-refractivity contribution >= 4 is 5.97 Å². The van der Waals surface area contributed by atoms with Gasteiger partial charge in [-0.05, 0) is 115 Å². The average molecular weight is 815 g/mol. The summed E-state index contributed by atoms with van der Waals surface area (Å²) in [5, 5.41) is 29.3. The third kappa shape index (κ3) is 6.97. The van der Waals surface area contributed by atoms with Crippen molar-refractivity contribution in [3.8, 4) is 0 Å². The first kappa shape index (κ1) is 41.2. The lowest BCUT2D eigenvalue weighted by Crippen LogP contribution is -2.66. The Labute approximate surface area is 356 Å². The van der Waals surface area contributed by atoms with E-state index in [1.54, 1.807) is 0 Å². The van der Waals surface area contributed by atoms with Crippen LogP contribution in [0.15, 0.2) is 84.7 Å². The molecule has 0 spiro atoms. The molecule has 9 rings (SSSR count). The van der Waals surface area contributed by atoms with Crippen molar-refractivity contribution in [2.45, 2.75) is 138 Å². The Morgan fingerprint density at radius 3 is 2.02 bits per heavy atom. The van der Waals surface area contributed by atoms with Crippen molar-refractivity contribution in [1.82, 2.24) is 30.0 Å². The van der Waals surface area contributed by atoms with E-state index < -0.39 is 11.5 Å². The molecule has 0 bridgehead atoms. The molecular formula is C50H66N6O4. The second kappa shape index (κ2) is 15.3. The van der Waals surface area contributed by atoms with Gasteiger partial charge in [-0.15, -0.1) is 10.2 Å². The highest BCUT2D eigenvalue weighted by Gasteiger charge is 2.70. The zero-order valence-electron chi connectivity index (χ0n) is 36.8. The molecule has 0 saturated heterocycles. The molecule has 320 valence electrons. The third-order valence-electron chi connectivity index (χ3n) is 17.4. The topological polar surface area (TPSA) is 117 Å². The van der Waals surface area contributed by atoms with Crippen LogP contribution in [0.4, 0.5) is 0 Å². The van der Waals surface area contributed by atoms with Crippen LogP contribution >= 0.6 is 0 Å². The smallest absolute Gasteiger partial charge is 0.313 e. The number of rotatable bonds is 11. The number of carbonyl (C=O) groups is 1. The van der Waals surface area contributed by atoms with Crippen LogP contribution < -0.4 is 0 Å². The summed E-state index contributed by atoms with van der Waals surface area (Å²) in [6, 6.07) is 20.5. The highest BCUT2D eigenvalue weighted by molar-refractivity contribution is 5.78. The van der Waals surface area contributed by atoms with Gasteiger partial charge in [-0.3, -0.25) is 4.79 Å². The zero-order valence-corrected chi connectivity index (χ0v) is 36.8. The highest BCUT2D eigenvalue weighted by atomic mass is 16.5. The number of aromatic nitrogens is 6. The number of ether oxygens (including phenoxy) is 2. The molecule has 9 atom stereocenters. The van der Waals surface area contributed by atoms with Gasteiger partial charge in [0.1, 0.15) is 18.0 Å². The number of hydrogen-bond acceptors (Lipinski definition) is 8. The van der Waals surface area contributed by atoms with E-state index in [1.807, 2.05) is 58.2 Å². The fourth-order valence-electron chi connectivity index (χ4n) is 13.8. The van der Waals surface area contributed by atoms with E-state index in [0.29, 0.717) is 43.8 Å². The number of nitrogens with zero attached hydrogens (tertiary/aromatic N) is 6. The lowest BCUT2D eigenvalue weighted by molar-refractivity contribution is -0.221. The summed E-state index contributed by atoms with van der Waals surface area (Å²) in [6.07, 6.45) is 15.8. The molecule has 10 nitrogen and oxygen atoms in total. The zero-order chi connectivity index (χ0) is 42.0. The Kier molecular flexibility index (Phi) is 10.5. The maximum Gasteiger partial charge on any atom is 0.313 e. The van der Waals surface area contributed by atoms with Crippen LogP contribution in [-0.2, 0) is 40.6 Å². The normalized spacial score (nSPS) is 35.6. The second-order valence-corrected chi connectivity index (χ2v) is 21.3. The predicted molar refractivity (Wildman–Crippen MR) is 230 cm³/mol. The molecule has 2 aromatic carbocycles. The van der Waals surface area contributed by atoms with E-state index in [-0.39, 0.29) is 45.6 Å². The summed E-state index contributed by atoms with van der Waals surface area (Å²) in [5.41, 5.74) is 4.69. The molecule has 2 aromatic heterocycles. The van der Waals surface area contributed by atoms with Gasteiger partial charge in [-0.2, -0.15) is 0 Å². The number of allylic oxidation sites excluding steroid dienone is 2. The number of benzene rings is 2. The summed E-state index contributed by atoms with van der Waals surface area (Å²) < 4.78 is 16.5. The summed E-state index contributed by atoms with van der Waals surface area (Å²) in [6.45, 7) is 17.1. The number of fused-ring (bicyclic) bond motifs is 7. The fraction of sp³-hybridized carbons (Fsp3) is 0.620. The Bertz CT molecular complexity index is 2200. The number of esters is 1. The first-order valence-electron chi connectivity index (χ1n) is 22.7. The van der Waals surface area contributed by atoms with Crippen molar-refractivity contribution in [2.24, 2.45) is 50.2 Å². The summed E-state index contributed by atoms with van der Waals surface area (Å²) >= 11 is 0. The third-order valence-corrected chi connectivity index (χ3v) is 17.4. The van der Waals surface area contributed by atoms with Gasteiger partial charge in [0.15, 0.2) is 0 Å². The lowest BCUT2D eigenvalue weighted by atomic mass is 9.33. The van der Waals surface area contributed by atoms with Gasteiger partial charge in [0.2, 0.25) is 0 Å². The molecule has 4 saturated carbocycles. The van der Waals surface area contributed by atoms with Crippen LogP contribution in [0.2, 0.25) is 0 Å². The maximum atomic E-state index is 14.6. The van der Waals surface area contributed by atoms with Crippen LogP contribution in [0.3, 0.4) is 0 Å². The molecule has 4 aromatic rings. The van der Waals surface area contributed by atoms with E-state index >= 15 is 0 Å². The van der Waals surface area contributed by atoms with E-state index in [0.717, 1.165) is 75.5 Å². The minimum absolute atomic E-state index is 0.0273. The molecule has 0 unspecified atom stereocenters. The van der Waals surface area contributed by atoms with Gasteiger partial charge in [0, 0.05) is 5.41 Å². The van der Waals surface area contributed by atoms with E-state index in [2.05, 4.69) is 92.5 Å². The van der Waals surface area contributed by atoms with Crippen molar-refractivity contribution in [2.75, 3.05) is 6.61 Å². The van der Waals surface area contributed by atoms with Crippen molar-refractivity contribution in [1.29, 1.82) is 0 Å². The minimum Gasteiger partial charge on any atom is -0.459 e. The van der Waals surface area contributed by atoms with E-state index in [9.17, 15) is 9.90 Å². The van der Waals surface area contributed by atoms with Crippen molar-refractivity contribution in [3.05, 3.63) is 107 Å². The lowest BCUT2D eigenvalue weighted by Gasteiger charge is -2.71. The van der Waals surface area contributed by atoms with Crippen LogP contribution in [0.5, 0.6) is 0 Å². The number of carbonyl (C=O) groups excluding carboxylic acids is 1. The molecule has 5 aliphatic carbocycles. The Morgan fingerprint density at radius 2 is 1.37 bits per heavy atom. The molecule has 10 heteroatoms. The molecule has 5 aliphatic rings. The maximum absolute atomic E-state index is 14.6. The van der Waals surface area contributed by atoms with Gasteiger partial charge in [-0.1, -0.05) is 124 Å². The van der Waals surface area contributed by atoms with Crippen molar-refractivity contribution in [3.63, 3.8) is 0 Å². The van der Waals surface area contributed by atoms with Crippen LogP contribution in [0.1, 0.15) is 128 Å². The van der Waals surface area contributed by atoms with Gasteiger partial charge in [0.05, 0.1) is 50.2 Å². The molecule has 0 radical (unpaired) electrons. The van der Waals surface area contributed by atoms with E-state index in [1.165, 1.54) is 11.1 Å². The van der Waals surface area contributed by atoms with Gasteiger partial charge in [0.25, 0.3) is 0 Å². The van der Waals surface area contributed by atoms with Crippen LogP contribution in [0, 0.1) is 50.2 Å². The monoisotopic (exact) mass is 815 g/mol. The van der Waals surface area contributed by atoms with Crippen molar-refractivity contribution < 1.29 is 19.4 Å². The molecule has 60 heavy (non-hydrogen) atoms. The first-order chi connectivity index (χ1) is 28.7. The summed E-state index contributed by atoms with van der Waals surface area (Å²) in [4.78, 5) is 14.6. The highest BCUT2D eigenvalue weighted by Crippen LogP contribution is 2.76. The Balaban J connectivity index is 0.920. The molecule has 4 fully saturated rings. The minimum atomic E-state index is -0.525. The van der Waals surface area contributed by atoms with Crippen LogP contribution in [-0.4, -0.2) is 53.8 Å². The molecular weight excluding hydrogens is 749 g/mol. The number of hydrogen-bond donors (Lipinski definition) is 1. The quantitative estimate of drug-likeness (QED) is 0.118. The first-order valence-corrected chi connectivity index (χ1v) is 22.7. The standard InChI is InChI=1S/C50H66N6O4/c1-45(2)23-25-50(44(58)60-33-38-31-56(54-52-38)29-36-15-11-8-12-16-36)26-24-48(5)39(40(50)27-45)17-18-42-46(3)21-20-43(57)47(4,41(46)19-22-49(42,48)6)34-59-32-37-30-55(53-51-37)28-35-13-9-7-10-14-35/h7-17,30-31,40-43,57H,18-29,32-34H2,1-6H3/t40-,41+,42+,43-,46-,47-,48+,49+,50-/m0/s1. The second-order valence-electron chi connectivity index (χ2n) is 21.3. The van der Waals surface area contributed by atoms with Gasteiger partial charge < -0.3 is 14.6 Å². The molecule has 1 N–H and O–H groups in total. The average Bonchev–Trinajstić information content (AvgIpc) is 3.88. The largest absolute Gasteiger partial charge is 0.459 e. The Morgan fingerprint density at radius 1 is 0.750 bits per heavy atom. The van der Waals surface area contributed by atoms with Gasteiger partial charge >= 0.3 is 5.97 Å². The van der Waals surface area contributed by atoms with E-state index in [4.69, 9.17) is 9.47 Å². The van der Waals surface area contributed by atoms with Crippen LogP contribution in [0.25, 0.3) is 0 Å². The number of aliphatic hydroxyl groups is 1. The molecule has 0 aliphatic heterocycles. The fourth-order valence-corrected chi connectivity index (χ4v) is 13.8.